The second kappa shape index (κ2) is 8.04. The number of aliphatic carboxylic acids is 1. The monoisotopic (exact) mass is 294 g/mol. The smallest absolute Gasteiger partial charge is 0.328 e. The van der Waals surface area contributed by atoms with Crippen LogP contribution in [0.5, 0.6) is 0 Å². The SMILES string of the molecule is CCNC(=O)CN(CC)c1cccc(F)c1/C=C/C(=O)O. The van der Waals surface area contributed by atoms with Gasteiger partial charge in [-0.1, -0.05) is 6.07 Å². The number of halogens is 1. The largest absolute Gasteiger partial charge is 0.478 e. The number of carbonyl (C=O) groups is 2. The van der Waals surface area contributed by atoms with E-state index < -0.39 is 11.8 Å². The minimum Gasteiger partial charge on any atom is -0.478 e. The summed E-state index contributed by atoms with van der Waals surface area (Å²) in [5, 5.41) is 11.4. The topological polar surface area (TPSA) is 69.6 Å². The van der Waals surface area contributed by atoms with E-state index in [-0.39, 0.29) is 18.0 Å². The molecule has 6 heteroatoms. The van der Waals surface area contributed by atoms with Crippen molar-refractivity contribution < 1.29 is 19.1 Å². The Balaban J connectivity index is 3.11. The molecule has 0 atom stereocenters. The average molecular weight is 294 g/mol. The third-order valence-electron chi connectivity index (χ3n) is 2.85. The van der Waals surface area contributed by atoms with Crippen molar-refractivity contribution in [1.29, 1.82) is 0 Å². The van der Waals surface area contributed by atoms with E-state index in [4.69, 9.17) is 5.11 Å². The summed E-state index contributed by atoms with van der Waals surface area (Å²) in [6.45, 7) is 4.76. The number of carboxylic acids is 1. The summed E-state index contributed by atoms with van der Waals surface area (Å²) in [5.41, 5.74) is 0.646. The van der Waals surface area contributed by atoms with E-state index in [2.05, 4.69) is 5.32 Å². The zero-order chi connectivity index (χ0) is 15.8. The molecular weight excluding hydrogens is 275 g/mol. The van der Waals surface area contributed by atoms with E-state index >= 15 is 0 Å². The van der Waals surface area contributed by atoms with Crippen LogP contribution in [0.3, 0.4) is 0 Å². The summed E-state index contributed by atoms with van der Waals surface area (Å²) < 4.78 is 13.9. The molecular formula is C15H19FN2O3. The fourth-order valence-corrected chi connectivity index (χ4v) is 1.91. The first-order chi connectivity index (χ1) is 9.99. The van der Waals surface area contributed by atoms with Crippen LogP contribution in [0.4, 0.5) is 10.1 Å². The Morgan fingerprint density at radius 1 is 1.38 bits per heavy atom. The van der Waals surface area contributed by atoms with Crippen LogP contribution >= 0.6 is 0 Å². The van der Waals surface area contributed by atoms with Crippen molar-refractivity contribution in [3.63, 3.8) is 0 Å². The molecule has 0 unspecified atom stereocenters. The van der Waals surface area contributed by atoms with Crippen molar-refractivity contribution in [2.75, 3.05) is 24.5 Å². The van der Waals surface area contributed by atoms with Crippen molar-refractivity contribution in [2.45, 2.75) is 13.8 Å². The first kappa shape index (κ1) is 16.7. The Kier molecular flexibility index (Phi) is 6.39. The number of amides is 1. The molecule has 114 valence electrons. The second-order valence-corrected chi connectivity index (χ2v) is 4.31. The van der Waals surface area contributed by atoms with Gasteiger partial charge in [0.1, 0.15) is 5.82 Å². The summed E-state index contributed by atoms with van der Waals surface area (Å²) in [7, 11) is 0. The predicted octanol–water partition coefficient (Wildman–Crippen LogP) is 1.89. The van der Waals surface area contributed by atoms with Gasteiger partial charge in [-0.2, -0.15) is 0 Å². The van der Waals surface area contributed by atoms with E-state index in [1.165, 1.54) is 18.2 Å². The number of nitrogens with zero attached hydrogens (tertiary/aromatic N) is 1. The van der Waals surface area contributed by atoms with Crippen LogP contribution in [0.15, 0.2) is 24.3 Å². The van der Waals surface area contributed by atoms with Gasteiger partial charge in [-0.3, -0.25) is 4.79 Å². The van der Waals surface area contributed by atoms with Crippen LogP contribution in [0.1, 0.15) is 19.4 Å². The van der Waals surface area contributed by atoms with Gasteiger partial charge in [0.15, 0.2) is 0 Å². The Hall–Kier alpha value is -2.37. The maximum absolute atomic E-state index is 13.9. The molecule has 0 radical (unpaired) electrons. The molecule has 0 saturated heterocycles. The summed E-state index contributed by atoms with van der Waals surface area (Å²) in [5.74, 6) is -1.85. The molecule has 0 spiro atoms. The van der Waals surface area contributed by atoms with Crippen LogP contribution in [0.2, 0.25) is 0 Å². The Morgan fingerprint density at radius 3 is 2.67 bits per heavy atom. The molecule has 0 aromatic heterocycles. The summed E-state index contributed by atoms with van der Waals surface area (Å²) in [6.07, 6.45) is 2.08. The van der Waals surface area contributed by atoms with Gasteiger partial charge in [-0.15, -0.1) is 0 Å². The van der Waals surface area contributed by atoms with Gasteiger partial charge in [0.2, 0.25) is 5.91 Å². The predicted molar refractivity (Wildman–Crippen MR) is 79.6 cm³/mol. The number of hydrogen-bond donors (Lipinski definition) is 2. The second-order valence-electron chi connectivity index (χ2n) is 4.31. The van der Waals surface area contributed by atoms with Crippen LogP contribution in [-0.4, -0.2) is 36.6 Å². The van der Waals surface area contributed by atoms with Crippen LogP contribution < -0.4 is 10.2 Å². The lowest BCUT2D eigenvalue weighted by Crippen LogP contribution is -2.37. The van der Waals surface area contributed by atoms with E-state index in [0.717, 1.165) is 6.08 Å². The van der Waals surface area contributed by atoms with Crippen molar-refractivity contribution >= 4 is 23.6 Å². The number of benzene rings is 1. The highest BCUT2D eigenvalue weighted by Gasteiger charge is 2.14. The molecule has 1 amide bonds. The molecule has 0 bridgehead atoms. The van der Waals surface area contributed by atoms with Crippen molar-refractivity contribution in [2.24, 2.45) is 0 Å². The van der Waals surface area contributed by atoms with Gasteiger partial charge in [0.05, 0.1) is 6.54 Å². The highest BCUT2D eigenvalue weighted by atomic mass is 19.1. The van der Waals surface area contributed by atoms with Gasteiger partial charge < -0.3 is 15.3 Å². The Morgan fingerprint density at radius 2 is 2.10 bits per heavy atom. The summed E-state index contributed by atoms with van der Waals surface area (Å²) >= 11 is 0. The fraction of sp³-hybridized carbons (Fsp3) is 0.333. The maximum Gasteiger partial charge on any atom is 0.328 e. The molecule has 2 N–H and O–H groups in total. The molecule has 5 nitrogen and oxygen atoms in total. The van der Waals surface area contributed by atoms with Gasteiger partial charge in [-0.25, -0.2) is 9.18 Å². The number of hydrogen-bond acceptors (Lipinski definition) is 3. The maximum atomic E-state index is 13.9. The molecule has 0 aliphatic rings. The fourth-order valence-electron chi connectivity index (χ4n) is 1.91. The van der Waals surface area contributed by atoms with Crippen LogP contribution in [0, 0.1) is 5.82 Å². The van der Waals surface area contributed by atoms with Crippen molar-refractivity contribution in [1.82, 2.24) is 5.32 Å². The first-order valence-electron chi connectivity index (χ1n) is 6.70. The lowest BCUT2D eigenvalue weighted by atomic mass is 10.1. The molecule has 1 aromatic rings. The average Bonchev–Trinajstić information content (AvgIpc) is 2.43. The lowest BCUT2D eigenvalue weighted by molar-refractivity contribution is -0.131. The molecule has 1 rings (SSSR count). The molecule has 0 aliphatic heterocycles. The third-order valence-corrected chi connectivity index (χ3v) is 2.85. The molecule has 1 aromatic carbocycles. The van der Waals surface area contributed by atoms with Gasteiger partial charge in [0.25, 0.3) is 0 Å². The highest BCUT2D eigenvalue weighted by molar-refractivity contribution is 5.88. The standard InChI is InChI=1S/C15H19FN2O3/c1-3-17-14(19)10-18(4-2)13-7-5-6-12(16)11(13)8-9-15(20)21/h5-9H,3-4,10H2,1-2H3,(H,17,19)(H,20,21)/b9-8+. The number of carbonyl (C=O) groups excluding carboxylic acids is 1. The van der Waals surface area contributed by atoms with Crippen molar-refractivity contribution in [3.05, 3.63) is 35.7 Å². The van der Waals surface area contributed by atoms with Gasteiger partial charge in [-0.05, 0) is 32.1 Å². The van der Waals surface area contributed by atoms with Gasteiger partial charge in [0, 0.05) is 30.4 Å². The number of rotatable bonds is 7. The minimum atomic E-state index is -1.16. The number of anilines is 1. The summed E-state index contributed by atoms with van der Waals surface area (Å²) in [4.78, 5) is 24.0. The normalized spacial score (nSPS) is 10.6. The Labute approximate surface area is 123 Å². The van der Waals surface area contributed by atoms with Crippen LogP contribution in [0.25, 0.3) is 6.08 Å². The zero-order valence-corrected chi connectivity index (χ0v) is 12.1. The number of likely N-dealkylation sites (N-methyl/N-ethyl adjacent to an activating group) is 2. The molecule has 0 saturated carbocycles. The lowest BCUT2D eigenvalue weighted by Gasteiger charge is -2.24. The van der Waals surface area contributed by atoms with Crippen molar-refractivity contribution in [3.8, 4) is 0 Å². The van der Waals surface area contributed by atoms with E-state index in [1.54, 1.807) is 11.0 Å². The molecule has 0 aliphatic carbocycles. The first-order valence-corrected chi connectivity index (χ1v) is 6.70. The minimum absolute atomic E-state index is 0.0850. The van der Waals surface area contributed by atoms with Gasteiger partial charge >= 0.3 is 5.97 Å². The number of nitrogens with one attached hydrogen (secondary N) is 1. The highest BCUT2D eigenvalue weighted by Crippen LogP contribution is 2.24. The van der Waals surface area contributed by atoms with E-state index in [0.29, 0.717) is 18.8 Å². The van der Waals surface area contributed by atoms with E-state index in [1.807, 2.05) is 13.8 Å². The number of carboxylic acid groups (broad SMARTS) is 1. The molecule has 0 heterocycles. The third kappa shape index (κ3) is 4.91. The quantitative estimate of drug-likeness (QED) is 0.753. The molecule has 21 heavy (non-hydrogen) atoms. The Bertz CT molecular complexity index is 544. The molecule has 0 fully saturated rings. The van der Waals surface area contributed by atoms with E-state index in [9.17, 15) is 14.0 Å². The van der Waals surface area contributed by atoms with Crippen LogP contribution in [-0.2, 0) is 9.59 Å². The zero-order valence-electron chi connectivity index (χ0n) is 12.1. The summed E-state index contributed by atoms with van der Waals surface area (Å²) in [6, 6.07) is 4.45.